The van der Waals surface area contributed by atoms with Crippen molar-refractivity contribution in [2.75, 3.05) is 0 Å². The molecule has 0 unspecified atom stereocenters. The summed E-state index contributed by atoms with van der Waals surface area (Å²) in [6.07, 6.45) is 3.32. The smallest absolute Gasteiger partial charge is 0 e. The van der Waals surface area contributed by atoms with E-state index in [0.29, 0.717) is 0 Å². The van der Waals surface area contributed by atoms with Gasteiger partial charge in [-0.1, -0.05) is 6.92 Å². The predicted molar refractivity (Wildman–Crippen MR) is 20.3 cm³/mol. The summed E-state index contributed by atoms with van der Waals surface area (Å²) >= 11 is 0. The zero-order valence-electron chi connectivity index (χ0n) is 3.62. The maximum absolute atomic E-state index is 2.12. The van der Waals surface area contributed by atoms with Gasteiger partial charge in [-0.05, 0) is 0 Å². The molecule has 1 heteroatoms. The maximum Gasteiger partial charge on any atom is 0 e. The Morgan fingerprint density at radius 1 is 1.60 bits per heavy atom. The van der Waals surface area contributed by atoms with Crippen molar-refractivity contribution in [2.24, 2.45) is 0 Å². The van der Waals surface area contributed by atoms with E-state index in [2.05, 4.69) is 20.3 Å². The molecule has 0 fully saturated rings. The first-order chi connectivity index (χ1) is 1.91. The van der Waals surface area contributed by atoms with Gasteiger partial charge in [0.25, 0.3) is 0 Å². The molecule has 0 amide bonds. The first-order valence-corrected chi connectivity index (χ1v) is 1.69. The Balaban J connectivity index is 0. The van der Waals surface area contributed by atoms with E-state index >= 15 is 0 Å². The first-order valence-electron chi connectivity index (χ1n) is 1.69. The van der Waals surface area contributed by atoms with Gasteiger partial charge in [0.1, 0.15) is 0 Å². The molecule has 0 aliphatic heterocycles. The van der Waals surface area contributed by atoms with E-state index in [4.69, 9.17) is 0 Å². The van der Waals surface area contributed by atoms with E-state index < -0.39 is 0 Å². The van der Waals surface area contributed by atoms with Gasteiger partial charge >= 0.3 is 0 Å². The van der Waals surface area contributed by atoms with Crippen LogP contribution >= 0.6 is 0 Å². The first kappa shape index (κ1) is 9.16. The van der Waals surface area contributed by atoms with Crippen molar-refractivity contribution in [1.29, 1.82) is 0 Å². The molecular weight excluding hydrogens is 151 g/mol. The second kappa shape index (κ2) is 8.82. The SMILES string of the molecule is C[CH-]CC.[Rh]. The molecular formula is C4H9Rh-. The molecule has 0 spiro atoms. The Labute approximate surface area is 46.7 Å². The summed E-state index contributed by atoms with van der Waals surface area (Å²) in [6, 6.07) is 0. The number of hydrogen-bond acceptors (Lipinski definition) is 0. The van der Waals surface area contributed by atoms with Crippen LogP contribution in [0.5, 0.6) is 0 Å². The van der Waals surface area contributed by atoms with Crippen LogP contribution in [0, 0.1) is 6.42 Å². The van der Waals surface area contributed by atoms with Crippen molar-refractivity contribution in [3.63, 3.8) is 0 Å². The topological polar surface area (TPSA) is 0 Å². The molecule has 0 nitrogen and oxygen atoms in total. The average molecular weight is 160 g/mol. The van der Waals surface area contributed by atoms with Gasteiger partial charge in [-0.3, -0.25) is 0 Å². The zero-order valence-corrected chi connectivity index (χ0v) is 5.26. The zero-order chi connectivity index (χ0) is 3.41. The summed E-state index contributed by atoms with van der Waals surface area (Å²) in [5.74, 6) is 0. The van der Waals surface area contributed by atoms with Crippen LogP contribution in [-0.4, -0.2) is 0 Å². The van der Waals surface area contributed by atoms with Crippen LogP contribution in [0.4, 0.5) is 0 Å². The molecule has 0 saturated carbocycles. The second-order valence-corrected chi connectivity index (χ2v) is 0.816. The molecule has 0 bridgehead atoms. The molecule has 0 aromatic rings. The molecule has 0 aromatic carbocycles. The summed E-state index contributed by atoms with van der Waals surface area (Å²) < 4.78 is 0. The van der Waals surface area contributed by atoms with Gasteiger partial charge in [0.15, 0.2) is 0 Å². The van der Waals surface area contributed by atoms with Gasteiger partial charge in [0, 0.05) is 19.5 Å². The van der Waals surface area contributed by atoms with Crippen LogP contribution in [0.15, 0.2) is 0 Å². The molecule has 5 heavy (non-hydrogen) atoms. The summed E-state index contributed by atoms with van der Waals surface area (Å²) in [4.78, 5) is 0. The van der Waals surface area contributed by atoms with E-state index in [9.17, 15) is 0 Å². The molecule has 0 N–H and O–H groups in total. The Hall–Kier alpha value is 0.623. The molecule has 0 atom stereocenters. The predicted octanol–water partition coefficient (Wildman–Crippen LogP) is 1.62. The van der Waals surface area contributed by atoms with E-state index in [1.54, 1.807) is 0 Å². The monoisotopic (exact) mass is 160 g/mol. The van der Waals surface area contributed by atoms with Gasteiger partial charge in [0.2, 0.25) is 0 Å². The van der Waals surface area contributed by atoms with Crippen molar-refractivity contribution in [2.45, 2.75) is 20.3 Å². The molecule has 0 aliphatic rings. The minimum atomic E-state index is 0. The second-order valence-electron chi connectivity index (χ2n) is 0.816. The van der Waals surface area contributed by atoms with E-state index in [1.807, 2.05) is 0 Å². The third-order valence-corrected chi connectivity index (χ3v) is 0.408. The number of rotatable bonds is 1. The Bertz CT molecular complexity index is 5.61. The van der Waals surface area contributed by atoms with E-state index in [0.717, 1.165) is 0 Å². The van der Waals surface area contributed by atoms with Crippen molar-refractivity contribution in [1.82, 2.24) is 0 Å². The van der Waals surface area contributed by atoms with Crippen molar-refractivity contribution < 1.29 is 19.5 Å². The van der Waals surface area contributed by atoms with Crippen LogP contribution < -0.4 is 0 Å². The maximum atomic E-state index is 2.12. The van der Waals surface area contributed by atoms with Gasteiger partial charge in [-0.25, -0.2) is 0 Å². The minimum Gasteiger partial charge on any atom is -0.332 e. The van der Waals surface area contributed by atoms with Gasteiger partial charge < -0.3 is 6.42 Å². The van der Waals surface area contributed by atoms with Crippen molar-refractivity contribution >= 4 is 0 Å². The van der Waals surface area contributed by atoms with E-state index in [1.165, 1.54) is 6.42 Å². The van der Waals surface area contributed by atoms with Crippen LogP contribution in [-0.2, 0) is 19.5 Å². The minimum absolute atomic E-state index is 0. The Morgan fingerprint density at radius 2 is 1.80 bits per heavy atom. The van der Waals surface area contributed by atoms with Crippen LogP contribution in [0.1, 0.15) is 20.3 Å². The largest absolute Gasteiger partial charge is 0.332 e. The summed E-state index contributed by atoms with van der Waals surface area (Å²) in [5, 5.41) is 0. The third-order valence-electron chi connectivity index (χ3n) is 0.408. The Kier molecular flexibility index (Phi) is 16.2. The quantitative estimate of drug-likeness (QED) is 0.403. The van der Waals surface area contributed by atoms with Crippen molar-refractivity contribution in [3.05, 3.63) is 6.42 Å². The Morgan fingerprint density at radius 3 is 1.80 bits per heavy atom. The molecule has 0 aliphatic carbocycles. The molecule has 35 valence electrons. The number of hydrogen-bond donors (Lipinski definition) is 0. The average Bonchev–Trinajstić information content (AvgIpc) is 1.37. The standard InChI is InChI=1S/C4H9.Rh/c1-3-4-2;/h3H,4H2,1-2H3;/q-1;. The fourth-order valence-electron chi connectivity index (χ4n) is 0. The van der Waals surface area contributed by atoms with Crippen LogP contribution in [0.25, 0.3) is 0 Å². The summed E-state index contributed by atoms with van der Waals surface area (Å²) in [7, 11) is 0. The fourth-order valence-corrected chi connectivity index (χ4v) is 0. The molecule has 0 aromatic heterocycles. The van der Waals surface area contributed by atoms with Gasteiger partial charge in [-0.2, -0.15) is 13.3 Å². The molecule has 0 saturated heterocycles. The fraction of sp³-hybridized carbons (Fsp3) is 0.750. The van der Waals surface area contributed by atoms with Gasteiger partial charge in [0.05, 0.1) is 0 Å². The van der Waals surface area contributed by atoms with Crippen LogP contribution in [0.3, 0.4) is 0 Å². The summed E-state index contributed by atoms with van der Waals surface area (Å²) in [5.41, 5.74) is 0. The van der Waals surface area contributed by atoms with Crippen LogP contribution in [0.2, 0.25) is 0 Å². The molecule has 1 radical (unpaired) electrons. The molecule has 0 heterocycles. The van der Waals surface area contributed by atoms with E-state index in [-0.39, 0.29) is 19.5 Å². The van der Waals surface area contributed by atoms with Gasteiger partial charge in [-0.15, -0.1) is 0 Å². The number of unbranched alkanes of at least 4 members (excludes halogenated alkanes) is 1. The van der Waals surface area contributed by atoms with Crippen molar-refractivity contribution in [3.8, 4) is 0 Å². The third kappa shape index (κ3) is 12.1. The normalized spacial score (nSPS) is 6.00. The summed E-state index contributed by atoms with van der Waals surface area (Å²) in [6.45, 7) is 4.18. The molecule has 0 rings (SSSR count).